The lowest BCUT2D eigenvalue weighted by molar-refractivity contribution is 0.102. The summed E-state index contributed by atoms with van der Waals surface area (Å²) in [7, 11) is 0. The van der Waals surface area contributed by atoms with Crippen LogP contribution in [0.2, 0.25) is 0 Å². The number of amides is 1. The highest BCUT2D eigenvalue weighted by atomic mass is 16.5. The monoisotopic (exact) mass is 219 g/mol. The highest BCUT2D eigenvalue weighted by Crippen LogP contribution is 2.07. The lowest BCUT2D eigenvalue weighted by Gasteiger charge is -1.99. The summed E-state index contributed by atoms with van der Waals surface area (Å²) in [5.41, 5.74) is -0.155. The van der Waals surface area contributed by atoms with E-state index in [-0.39, 0.29) is 11.3 Å². The van der Waals surface area contributed by atoms with Crippen LogP contribution < -0.4 is 10.9 Å². The Labute approximate surface area is 90.3 Å². The zero-order chi connectivity index (χ0) is 11.5. The van der Waals surface area contributed by atoms with E-state index in [0.717, 1.165) is 0 Å². The number of nitrogens with zero attached hydrogens (tertiary/aromatic N) is 1. The minimum atomic E-state index is -0.439. The minimum Gasteiger partial charge on any atom is -0.360 e. The van der Waals surface area contributed by atoms with Crippen molar-refractivity contribution in [1.82, 2.24) is 10.1 Å². The molecule has 0 unspecified atom stereocenters. The van der Waals surface area contributed by atoms with Crippen molar-refractivity contribution in [2.75, 3.05) is 5.32 Å². The summed E-state index contributed by atoms with van der Waals surface area (Å²) < 4.78 is 4.79. The van der Waals surface area contributed by atoms with E-state index in [0.29, 0.717) is 11.6 Å². The van der Waals surface area contributed by atoms with Gasteiger partial charge in [-0.05, 0) is 13.0 Å². The van der Waals surface area contributed by atoms with Gasteiger partial charge in [0, 0.05) is 12.1 Å². The number of nitrogens with one attached hydrogen (secondary N) is 2. The summed E-state index contributed by atoms with van der Waals surface area (Å²) in [5.74, 6) is 0.468. The molecular formula is C10H9N3O3. The van der Waals surface area contributed by atoms with Crippen LogP contribution in [0.25, 0.3) is 0 Å². The van der Waals surface area contributed by atoms with E-state index in [1.54, 1.807) is 13.0 Å². The molecule has 0 aliphatic heterocycles. The third-order valence-corrected chi connectivity index (χ3v) is 1.88. The van der Waals surface area contributed by atoms with Crippen LogP contribution in [-0.2, 0) is 0 Å². The SMILES string of the molecule is Cc1cc(NC(=O)c2cccc(=O)[nH]2)no1. The first kappa shape index (κ1) is 10.2. The molecular weight excluding hydrogens is 210 g/mol. The molecule has 6 heteroatoms. The van der Waals surface area contributed by atoms with Crippen LogP contribution in [0.5, 0.6) is 0 Å². The first-order valence-corrected chi connectivity index (χ1v) is 4.59. The third kappa shape index (κ3) is 2.17. The molecule has 2 aromatic heterocycles. The number of rotatable bonds is 2. The van der Waals surface area contributed by atoms with Crippen molar-refractivity contribution in [2.24, 2.45) is 0 Å². The molecule has 0 fully saturated rings. The van der Waals surface area contributed by atoms with E-state index in [1.165, 1.54) is 18.2 Å². The maximum absolute atomic E-state index is 11.6. The van der Waals surface area contributed by atoms with Gasteiger partial charge >= 0.3 is 0 Å². The predicted molar refractivity (Wildman–Crippen MR) is 56.3 cm³/mol. The highest BCUT2D eigenvalue weighted by Gasteiger charge is 2.08. The van der Waals surface area contributed by atoms with Gasteiger partial charge in [-0.1, -0.05) is 11.2 Å². The van der Waals surface area contributed by atoms with Gasteiger partial charge in [-0.3, -0.25) is 9.59 Å². The molecule has 2 rings (SSSR count). The number of carbonyl (C=O) groups excluding carboxylic acids is 1. The van der Waals surface area contributed by atoms with Gasteiger partial charge in [-0.2, -0.15) is 0 Å². The van der Waals surface area contributed by atoms with Crippen molar-refractivity contribution in [3.05, 3.63) is 46.1 Å². The van der Waals surface area contributed by atoms with Crippen molar-refractivity contribution in [2.45, 2.75) is 6.92 Å². The number of anilines is 1. The summed E-state index contributed by atoms with van der Waals surface area (Å²) in [6.45, 7) is 1.72. The quantitative estimate of drug-likeness (QED) is 0.786. The first-order chi connectivity index (χ1) is 7.65. The molecule has 0 atom stereocenters. The van der Waals surface area contributed by atoms with Gasteiger partial charge in [0.15, 0.2) is 5.82 Å². The fraction of sp³-hybridized carbons (Fsp3) is 0.100. The van der Waals surface area contributed by atoms with E-state index in [1.807, 2.05) is 0 Å². The van der Waals surface area contributed by atoms with E-state index in [2.05, 4.69) is 15.5 Å². The zero-order valence-electron chi connectivity index (χ0n) is 8.48. The maximum atomic E-state index is 11.6. The van der Waals surface area contributed by atoms with Gasteiger partial charge in [0.05, 0.1) is 0 Å². The molecule has 0 radical (unpaired) electrons. The number of aromatic nitrogens is 2. The summed E-state index contributed by atoms with van der Waals surface area (Å²) in [6.07, 6.45) is 0. The molecule has 0 aliphatic carbocycles. The van der Waals surface area contributed by atoms with E-state index >= 15 is 0 Å². The molecule has 0 bridgehead atoms. The second-order valence-corrected chi connectivity index (χ2v) is 3.21. The van der Waals surface area contributed by atoms with Crippen molar-refractivity contribution in [3.8, 4) is 0 Å². The molecule has 82 valence electrons. The lowest BCUT2D eigenvalue weighted by atomic mass is 10.3. The Morgan fingerprint density at radius 3 is 2.94 bits per heavy atom. The van der Waals surface area contributed by atoms with Gasteiger partial charge in [-0.25, -0.2) is 0 Å². The van der Waals surface area contributed by atoms with Gasteiger partial charge in [0.25, 0.3) is 5.91 Å². The second-order valence-electron chi connectivity index (χ2n) is 3.21. The zero-order valence-corrected chi connectivity index (χ0v) is 8.48. The Bertz CT molecular complexity index is 570. The molecule has 16 heavy (non-hydrogen) atoms. The maximum Gasteiger partial charge on any atom is 0.273 e. The third-order valence-electron chi connectivity index (χ3n) is 1.88. The lowest BCUT2D eigenvalue weighted by Crippen LogP contribution is -2.17. The standard InChI is InChI=1S/C10H9N3O3/c1-6-5-8(13-16-6)12-10(15)7-3-2-4-9(14)11-7/h2-5H,1H3,(H,11,14)(H,12,13,15). The van der Waals surface area contributed by atoms with Crippen LogP contribution in [0.4, 0.5) is 5.82 Å². The predicted octanol–water partition coefficient (Wildman–Crippen LogP) is 0.924. The normalized spacial score (nSPS) is 10.1. The Morgan fingerprint density at radius 1 is 1.50 bits per heavy atom. The van der Waals surface area contributed by atoms with Gasteiger partial charge in [0.2, 0.25) is 5.56 Å². The van der Waals surface area contributed by atoms with E-state index in [9.17, 15) is 9.59 Å². The Morgan fingerprint density at radius 2 is 2.31 bits per heavy atom. The number of carbonyl (C=O) groups is 1. The van der Waals surface area contributed by atoms with Crippen molar-refractivity contribution in [1.29, 1.82) is 0 Å². The van der Waals surface area contributed by atoms with Gasteiger partial charge in [0.1, 0.15) is 11.5 Å². The number of aromatic amines is 1. The van der Waals surface area contributed by atoms with Crippen LogP contribution in [0.3, 0.4) is 0 Å². The van der Waals surface area contributed by atoms with Crippen molar-refractivity contribution in [3.63, 3.8) is 0 Å². The van der Waals surface area contributed by atoms with Crippen LogP contribution in [-0.4, -0.2) is 16.0 Å². The van der Waals surface area contributed by atoms with Crippen molar-refractivity contribution >= 4 is 11.7 Å². The molecule has 2 aromatic rings. The van der Waals surface area contributed by atoms with Crippen LogP contribution in [0, 0.1) is 6.92 Å². The fourth-order valence-electron chi connectivity index (χ4n) is 1.19. The number of aryl methyl sites for hydroxylation is 1. The molecule has 0 aliphatic rings. The molecule has 0 spiro atoms. The average molecular weight is 219 g/mol. The first-order valence-electron chi connectivity index (χ1n) is 4.59. The fourth-order valence-corrected chi connectivity index (χ4v) is 1.19. The summed E-state index contributed by atoms with van der Waals surface area (Å²) in [4.78, 5) is 25.0. The number of hydrogen-bond acceptors (Lipinski definition) is 4. The number of H-pyrrole nitrogens is 1. The van der Waals surface area contributed by atoms with Crippen LogP contribution >= 0.6 is 0 Å². The minimum absolute atomic E-state index is 0.174. The van der Waals surface area contributed by atoms with Crippen LogP contribution in [0.1, 0.15) is 16.2 Å². The number of pyridine rings is 1. The molecule has 2 N–H and O–H groups in total. The van der Waals surface area contributed by atoms with Crippen molar-refractivity contribution < 1.29 is 9.32 Å². The summed E-state index contributed by atoms with van der Waals surface area (Å²) >= 11 is 0. The Kier molecular flexibility index (Phi) is 2.55. The Balaban J connectivity index is 2.17. The second kappa shape index (κ2) is 4.01. The summed E-state index contributed by atoms with van der Waals surface area (Å²) in [6, 6.07) is 5.92. The molecule has 0 saturated carbocycles. The molecule has 6 nitrogen and oxygen atoms in total. The average Bonchev–Trinajstić information content (AvgIpc) is 2.64. The number of hydrogen-bond donors (Lipinski definition) is 2. The van der Waals surface area contributed by atoms with Gasteiger partial charge in [-0.15, -0.1) is 0 Å². The van der Waals surface area contributed by atoms with E-state index < -0.39 is 5.91 Å². The molecule has 0 aromatic carbocycles. The smallest absolute Gasteiger partial charge is 0.273 e. The summed E-state index contributed by atoms with van der Waals surface area (Å²) in [5, 5.41) is 6.10. The molecule has 0 saturated heterocycles. The topological polar surface area (TPSA) is 88.0 Å². The molecule has 1 amide bonds. The van der Waals surface area contributed by atoms with E-state index in [4.69, 9.17) is 4.52 Å². The Hall–Kier alpha value is -2.37. The largest absolute Gasteiger partial charge is 0.360 e. The molecule has 2 heterocycles. The highest BCUT2D eigenvalue weighted by molar-refractivity contribution is 6.02. The van der Waals surface area contributed by atoms with Crippen LogP contribution in [0.15, 0.2) is 33.6 Å². The van der Waals surface area contributed by atoms with Gasteiger partial charge < -0.3 is 14.8 Å².